The number of benzene rings is 1. The zero-order valence-electron chi connectivity index (χ0n) is 9.96. The van der Waals surface area contributed by atoms with Gasteiger partial charge in [-0.2, -0.15) is 0 Å². The number of nitrogens with one attached hydrogen (secondary N) is 1. The van der Waals surface area contributed by atoms with Gasteiger partial charge in [-0.05, 0) is 42.5 Å². The molecule has 0 aliphatic heterocycles. The summed E-state index contributed by atoms with van der Waals surface area (Å²) in [6.07, 6.45) is 3.88. The molecular weight excluding hydrogens is 244 g/mol. The van der Waals surface area contributed by atoms with Crippen LogP contribution in [0.15, 0.2) is 48.2 Å². The van der Waals surface area contributed by atoms with Gasteiger partial charge in [0.15, 0.2) is 0 Å². The molecular formula is C13H12N4O2. The molecule has 2 rings (SSSR count). The summed E-state index contributed by atoms with van der Waals surface area (Å²) in [4.78, 5) is 24.4. The quantitative estimate of drug-likeness (QED) is 0.545. The lowest BCUT2D eigenvalue weighted by molar-refractivity contribution is -0.111. The molecule has 1 aromatic carbocycles. The number of nitrogen functional groups attached to an aromatic ring is 1. The maximum atomic E-state index is 11.8. The molecule has 5 N–H and O–H groups in total. The first-order valence-electron chi connectivity index (χ1n) is 5.47. The van der Waals surface area contributed by atoms with E-state index in [1.165, 1.54) is 18.2 Å². The van der Waals surface area contributed by atoms with Crippen LogP contribution in [0.5, 0.6) is 0 Å². The van der Waals surface area contributed by atoms with Gasteiger partial charge in [-0.15, -0.1) is 0 Å². The number of anilines is 2. The topological polar surface area (TPSA) is 113 Å². The van der Waals surface area contributed by atoms with Crippen LogP contribution in [-0.2, 0) is 4.79 Å². The molecule has 1 aliphatic rings. The van der Waals surface area contributed by atoms with E-state index in [-0.39, 0.29) is 17.2 Å². The fourth-order valence-corrected chi connectivity index (χ4v) is 1.70. The van der Waals surface area contributed by atoms with Crippen LogP contribution in [0.4, 0.5) is 16.2 Å². The zero-order chi connectivity index (χ0) is 14.0. The fraction of sp³-hybridized carbons (Fsp3) is 0. The number of nitrogens with zero attached hydrogens (tertiary/aromatic N) is 1. The SMILES string of the molecule is N=C1C=CC(=O)C(N(C(N)=O)c2ccc(N)cc2)=C1. The fourth-order valence-electron chi connectivity index (χ4n) is 1.70. The van der Waals surface area contributed by atoms with Crippen LogP contribution in [0, 0.1) is 5.41 Å². The predicted molar refractivity (Wildman–Crippen MR) is 72.9 cm³/mol. The number of hydrogen-bond acceptors (Lipinski definition) is 4. The summed E-state index contributed by atoms with van der Waals surface area (Å²) in [5, 5.41) is 7.53. The van der Waals surface area contributed by atoms with Crippen molar-refractivity contribution in [1.29, 1.82) is 5.41 Å². The Morgan fingerprint density at radius 3 is 2.37 bits per heavy atom. The molecule has 2 amide bonds. The van der Waals surface area contributed by atoms with Gasteiger partial charge < -0.3 is 16.9 Å². The Morgan fingerprint density at radius 2 is 1.79 bits per heavy atom. The standard InChI is InChI=1S/C13H12N4O2/c14-8-1-4-10(5-2-8)17(13(16)19)11-7-9(15)3-6-12(11)18/h1-7,15H,14H2,(H2,16,19). The molecule has 0 atom stereocenters. The van der Waals surface area contributed by atoms with Crippen LogP contribution >= 0.6 is 0 Å². The van der Waals surface area contributed by atoms with Crippen LogP contribution in [0.25, 0.3) is 0 Å². The van der Waals surface area contributed by atoms with Gasteiger partial charge in [0.2, 0.25) is 5.78 Å². The molecule has 1 aromatic rings. The third kappa shape index (κ3) is 2.52. The van der Waals surface area contributed by atoms with Crippen molar-refractivity contribution < 1.29 is 9.59 Å². The van der Waals surface area contributed by atoms with Crippen LogP contribution in [0.3, 0.4) is 0 Å². The number of hydrogen-bond donors (Lipinski definition) is 3. The summed E-state index contributed by atoms with van der Waals surface area (Å²) in [6.45, 7) is 0. The maximum absolute atomic E-state index is 11.8. The van der Waals surface area contributed by atoms with Crippen LogP contribution in [0.1, 0.15) is 0 Å². The number of amides is 2. The average molecular weight is 256 g/mol. The molecule has 0 unspecified atom stereocenters. The summed E-state index contributed by atoms with van der Waals surface area (Å²) in [5.41, 5.74) is 12.0. The van der Waals surface area contributed by atoms with Gasteiger partial charge in [0.05, 0.1) is 11.4 Å². The zero-order valence-corrected chi connectivity index (χ0v) is 9.96. The van der Waals surface area contributed by atoms with Gasteiger partial charge in [0, 0.05) is 5.69 Å². The van der Waals surface area contributed by atoms with Gasteiger partial charge in [0.25, 0.3) is 0 Å². The molecule has 0 saturated heterocycles. The molecule has 1 aliphatic carbocycles. The number of allylic oxidation sites excluding steroid dienone is 3. The van der Waals surface area contributed by atoms with E-state index in [0.717, 1.165) is 4.90 Å². The Kier molecular flexibility index (Phi) is 3.15. The van der Waals surface area contributed by atoms with Gasteiger partial charge >= 0.3 is 6.03 Å². The van der Waals surface area contributed by atoms with E-state index in [0.29, 0.717) is 11.4 Å². The van der Waals surface area contributed by atoms with Crippen molar-refractivity contribution in [2.24, 2.45) is 5.73 Å². The van der Waals surface area contributed by atoms with Gasteiger partial charge in [-0.3, -0.25) is 9.69 Å². The van der Waals surface area contributed by atoms with Crippen molar-refractivity contribution >= 4 is 28.9 Å². The second kappa shape index (κ2) is 4.77. The van der Waals surface area contributed by atoms with Crippen molar-refractivity contribution in [3.8, 4) is 0 Å². The summed E-state index contributed by atoms with van der Waals surface area (Å²) < 4.78 is 0. The molecule has 0 spiro atoms. The van der Waals surface area contributed by atoms with Crippen molar-refractivity contribution in [3.05, 3.63) is 48.2 Å². The summed E-state index contributed by atoms with van der Waals surface area (Å²) in [7, 11) is 0. The molecule has 0 fully saturated rings. The normalized spacial score (nSPS) is 14.2. The largest absolute Gasteiger partial charge is 0.399 e. The first-order chi connectivity index (χ1) is 8.99. The number of rotatable bonds is 2. The minimum Gasteiger partial charge on any atom is -0.399 e. The molecule has 6 heteroatoms. The Morgan fingerprint density at radius 1 is 1.16 bits per heavy atom. The second-order valence-corrected chi connectivity index (χ2v) is 3.95. The Balaban J connectivity index is 2.47. The first kappa shape index (κ1) is 12.6. The molecule has 0 bridgehead atoms. The molecule has 0 saturated carbocycles. The van der Waals surface area contributed by atoms with E-state index in [4.69, 9.17) is 16.9 Å². The maximum Gasteiger partial charge on any atom is 0.324 e. The van der Waals surface area contributed by atoms with Crippen molar-refractivity contribution in [2.75, 3.05) is 10.6 Å². The van der Waals surface area contributed by atoms with E-state index >= 15 is 0 Å². The number of ketones is 1. The smallest absolute Gasteiger partial charge is 0.324 e. The minimum atomic E-state index is -0.799. The summed E-state index contributed by atoms with van der Waals surface area (Å²) in [5.74, 6) is -0.383. The van der Waals surface area contributed by atoms with Crippen LogP contribution < -0.4 is 16.4 Å². The van der Waals surface area contributed by atoms with E-state index in [1.807, 2.05) is 0 Å². The third-order valence-electron chi connectivity index (χ3n) is 2.57. The molecule has 6 nitrogen and oxygen atoms in total. The lowest BCUT2D eigenvalue weighted by atomic mass is 10.1. The van der Waals surface area contributed by atoms with Gasteiger partial charge in [0.1, 0.15) is 5.70 Å². The molecule has 96 valence electrons. The highest BCUT2D eigenvalue weighted by molar-refractivity contribution is 6.22. The third-order valence-corrected chi connectivity index (χ3v) is 2.57. The van der Waals surface area contributed by atoms with Crippen molar-refractivity contribution in [1.82, 2.24) is 0 Å². The number of nitrogens with two attached hydrogens (primary N) is 2. The minimum absolute atomic E-state index is 0.0461. The lowest BCUT2D eigenvalue weighted by Gasteiger charge is -2.23. The number of primary amides is 1. The van der Waals surface area contributed by atoms with E-state index < -0.39 is 6.03 Å². The summed E-state index contributed by atoms with van der Waals surface area (Å²) in [6, 6.07) is 5.56. The number of carbonyl (C=O) groups is 2. The molecule has 0 radical (unpaired) electrons. The molecule has 0 aromatic heterocycles. The Labute approximate surface area is 109 Å². The first-order valence-corrected chi connectivity index (χ1v) is 5.47. The predicted octanol–water partition coefficient (Wildman–Crippen LogP) is 1.20. The van der Waals surface area contributed by atoms with Crippen molar-refractivity contribution in [3.63, 3.8) is 0 Å². The van der Waals surface area contributed by atoms with Crippen LogP contribution in [0.2, 0.25) is 0 Å². The highest BCUT2D eigenvalue weighted by atomic mass is 16.2. The van der Waals surface area contributed by atoms with Crippen LogP contribution in [-0.4, -0.2) is 17.5 Å². The highest BCUT2D eigenvalue weighted by Gasteiger charge is 2.24. The van der Waals surface area contributed by atoms with Crippen molar-refractivity contribution in [2.45, 2.75) is 0 Å². The molecule has 0 heterocycles. The Bertz CT molecular complexity index is 614. The van der Waals surface area contributed by atoms with Gasteiger partial charge in [-0.25, -0.2) is 4.79 Å². The second-order valence-electron chi connectivity index (χ2n) is 3.95. The monoisotopic (exact) mass is 256 g/mol. The van der Waals surface area contributed by atoms with E-state index in [2.05, 4.69) is 0 Å². The highest BCUT2D eigenvalue weighted by Crippen LogP contribution is 2.22. The Hall–Kier alpha value is -2.89. The number of urea groups is 1. The average Bonchev–Trinajstić information content (AvgIpc) is 2.36. The summed E-state index contributed by atoms with van der Waals surface area (Å²) >= 11 is 0. The van der Waals surface area contributed by atoms with Gasteiger partial charge in [-0.1, -0.05) is 0 Å². The van der Waals surface area contributed by atoms with E-state index in [9.17, 15) is 9.59 Å². The lowest BCUT2D eigenvalue weighted by Crippen LogP contribution is -2.38. The number of carbonyl (C=O) groups excluding carboxylic acids is 2. The van der Waals surface area contributed by atoms with E-state index in [1.54, 1.807) is 24.3 Å². The molecule has 19 heavy (non-hydrogen) atoms.